The zero-order chi connectivity index (χ0) is 27.4. The molecule has 0 amide bonds. The molecule has 0 bridgehead atoms. The third-order valence-corrected chi connectivity index (χ3v) is 7.85. The van der Waals surface area contributed by atoms with Crippen LogP contribution < -0.4 is 0 Å². The fourth-order valence-electron chi connectivity index (χ4n) is 5.55. The maximum Gasteiger partial charge on any atom is 0.0955 e. The van der Waals surface area contributed by atoms with Crippen LogP contribution in [0.2, 0.25) is 0 Å². The van der Waals surface area contributed by atoms with Gasteiger partial charge < -0.3 is 4.98 Å². The summed E-state index contributed by atoms with van der Waals surface area (Å²) in [6.07, 6.45) is 1.95. The van der Waals surface area contributed by atoms with Crippen molar-refractivity contribution in [2.24, 2.45) is 0 Å². The van der Waals surface area contributed by atoms with Gasteiger partial charge in [-0.25, -0.2) is 0 Å². The quantitative estimate of drug-likeness (QED) is 0.253. The normalized spacial score (nSPS) is 12.4. The molecule has 6 rings (SSSR count). The van der Waals surface area contributed by atoms with Crippen LogP contribution in [0, 0.1) is 0 Å². The van der Waals surface area contributed by atoms with E-state index in [2.05, 4.69) is 144 Å². The molecule has 0 saturated heterocycles. The number of aromatic amines is 1. The van der Waals surface area contributed by atoms with Crippen LogP contribution in [0.5, 0.6) is 0 Å². The first kappa shape index (κ1) is 25.1. The molecule has 0 unspecified atom stereocenters. The predicted octanol–water partition coefficient (Wildman–Crippen LogP) is 10.3. The summed E-state index contributed by atoms with van der Waals surface area (Å²) in [6, 6.07) is 35.4. The molecule has 2 nitrogen and oxygen atoms in total. The fraction of sp³-hybridized carbons (Fsp3) is 0.216. The first-order valence-corrected chi connectivity index (χ1v) is 13.8. The molecule has 0 aliphatic rings. The molecule has 0 aliphatic heterocycles. The lowest BCUT2D eigenvalue weighted by atomic mass is 9.84. The average molecular weight is 509 g/mol. The van der Waals surface area contributed by atoms with Crippen molar-refractivity contribution >= 4 is 21.8 Å². The van der Waals surface area contributed by atoms with Crippen molar-refractivity contribution in [2.45, 2.75) is 52.4 Å². The topological polar surface area (TPSA) is 28.7 Å². The first-order valence-electron chi connectivity index (χ1n) is 13.8. The van der Waals surface area contributed by atoms with Gasteiger partial charge in [0.05, 0.1) is 11.2 Å². The highest BCUT2D eigenvalue weighted by atomic mass is 14.8. The highest BCUT2D eigenvalue weighted by Gasteiger charge is 2.21. The molecule has 0 atom stereocenters. The van der Waals surface area contributed by atoms with Crippen LogP contribution in [0.4, 0.5) is 0 Å². The lowest BCUT2D eigenvalue weighted by Crippen LogP contribution is -2.10. The van der Waals surface area contributed by atoms with Gasteiger partial charge in [0, 0.05) is 28.0 Å². The molecule has 0 spiro atoms. The Labute approximate surface area is 231 Å². The molecule has 0 aliphatic carbocycles. The van der Waals surface area contributed by atoms with Gasteiger partial charge in [-0.2, -0.15) is 0 Å². The van der Waals surface area contributed by atoms with Gasteiger partial charge >= 0.3 is 0 Å². The van der Waals surface area contributed by atoms with Crippen LogP contribution in [0.3, 0.4) is 0 Å². The molecule has 39 heavy (non-hydrogen) atoms. The Morgan fingerprint density at radius 2 is 1.08 bits per heavy atom. The van der Waals surface area contributed by atoms with Crippen molar-refractivity contribution < 1.29 is 0 Å². The van der Waals surface area contributed by atoms with Crippen molar-refractivity contribution in [1.82, 2.24) is 9.97 Å². The second-order valence-corrected chi connectivity index (χ2v) is 12.6. The van der Waals surface area contributed by atoms with Crippen LogP contribution >= 0.6 is 0 Å². The van der Waals surface area contributed by atoms with Crippen molar-refractivity contribution in [3.8, 4) is 33.5 Å². The standard InChI is InChI=1S/C37H36N2/c1-36(2,3)26-18-14-24(15-19-26)28-11-9-12-29(25-16-20-27(21-17-25)37(4,5)6)33(28)35-34-31(22-23-38-35)30-10-7-8-13-32(30)39-34/h7-23,39H,1-6H3. The maximum absolute atomic E-state index is 5.03. The summed E-state index contributed by atoms with van der Waals surface area (Å²) in [5.41, 5.74) is 12.0. The predicted molar refractivity (Wildman–Crippen MR) is 167 cm³/mol. The van der Waals surface area contributed by atoms with Gasteiger partial charge in [0.1, 0.15) is 0 Å². The minimum atomic E-state index is 0.107. The fourth-order valence-corrected chi connectivity index (χ4v) is 5.55. The molecule has 2 aromatic heterocycles. The molecular formula is C37H36N2. The van der Waals surface area contributed by atoms with E-state index in [0.717, 1.165) is 22.3 Å². The van der Waals surface area contributed by atoms with Crippen LogP contribution in [-0.4, -0.2) is 9.97 Å². The lowest BCUT2D eigenvalue weighted by molar-refractivity contribution is 0.590. The molecular weight excluding hydrogens is 472 g/mol. The van der Waals surface area contributed by atoms with Crippen LogP contribution in [0.1, 0.15) is 52.7 Å². The van der Waals surface area contributed by atoms with E-state index in [1.54, 1.807) is 0 Å². The Hall–Kier alpha value is -4.17. The Morgan fingerprint density at radius 3 is 1.62 bits per heavy atom. The van der Waals surface area contributed by atoms with Crippen LogP contribution in [0.25, 0.3) is 55.3 Å². The van der Waals surface area contributed by atoms with Gasteiger partial charge in [0.15, 0.2) is 0 Å². The summed E-state index contributed by atoms with van der Waals surface area (Å²) in [6.45, 7) is 13.6. The van der Waals surface area contributed by atoms with Crippen LogP contribution in [0.15, 0.2) is 103 Å². The Kier molecular flexibility index (Phi) is 5.95. The number of para-hydroxylation sites is 1. The van der Waals surface area contributed by atoms with Gasteiger partial charge in [0.25, 0.3) is 0 Å². The first-order chi connectivity index (χ1) is 18.6. The van der Waals surface area contributed by atoms with E-state index >= 15 is 0 Å². The number of H-pyrrole nitrogens is 1. The number of nitrogens with zero attached hydrogens (tertiary/aromatic N) is 1. The summed E-state index contributed by atoms with van der Waals surface area (Å²) >= 11 is 0. The van der Waals surface area contributed by atoms with Gasteiger partial charge in [-0.3, -0.25) is 4.98 Å². The number of benzene rings is 4. The smallest absolute Gasteiger partial charge is 0.0955 e. The molecule has 194 valence electrons. The number of fused-ring (bicyclic) bond motifs is 3. The molecule has 1 N–H and O–H groups in total. The molecule has 2 heterocycles. The maximum atomic E-state index is 5.03. The minimum absolute atomic E-state index is 0.107. The number of aromatic nitrogens is 2. The molecule has 0 radical (unpaired) electrons. The van der Waals surface area contributed by atoms with Crippen molar-refractivity contribution in [3.63, 3.8) is 0 Å². The third kappa shape index (κ3) is 4.55. The highest BCUT2D eigenvalue weighted by Crippen LogP contribution is 2.43. The monoisotopic (exact) mass is 508 g/mol. The Morgan fingerprint density at radius 1 is 0.538 bits per heavy atom. The molecule has 0 saturated carbocycles. The summed E-state index contributed by atoms with van der Waals surface area (Å²) in [7, 11) is 0. The highest BCUT2D eigenvalue weighted by molar-refractivity contribution is 6.13. The van der Waals surface area contributed by atoms with E-state index in [-0.39, 0.29) is 10.8 Å². The SMILES string of the molecule is CC(C)(C)c1ccc(-c2cccc(-c3ccc(C(C)(C)C)cc3)c2-c2nccc3c2[nH]c2ccccc23)cc1. The van der Waals surface area contributed by atoms with E-state index in [1.807, 2.05) is 6.20 Å². The molecule has 0 fully saturated rings. The number of rotatable bonds is 3. The van der Waals surface area contributed by atoms with Crippen LogP contribution in [-0.2, 0) is 10.8 Å². The summed E-state index contributed by atoms with van der Waals surface area (Å²) in [4.78, 5) is 8.73. The van der Waals surface area contributed by atoms with E-state index in [9.17, 15) is 0 Å². The van der Waals surface area contributed by atoms with Crippen molar-refractivity contribution in [1.29, 1.82) is 0 Å². The zero-order valence-electron chi connectivity index (χ0n) is 23.8. The molecule has 6 aromatic rings. The van der Waals surface area contributed by atoms with Gasteiger partial charge in [-0.15, -0.1) is 0 Å². The molecule has 4 aromatic carbocycles. The Bertz CT molecular complexity index is 1710. The van der Waals surface area contributed by atoms with E-state index in [0.29, 0.717) is 0 Å². The summed E-state index contributed by atoms with van der Waals surface area (Å²) in [5.74, 6) is 0. The van der Waals surface area contributed by atoms with Crippen molar-refractivity contribution in [2.75, 3.05) is 0 Å². The second kappa shape index (κ2) is 9.24. The zero-order valence-corrected chi connectivity index (χ0v) is 23.8. The average Bonchev–Trinajstić information content (AvgIpc) is 3.31. The van der Waals surface area contributed by atoms with E-state index in [1.165, 1.54) is 44.2 Å². The number of hydrogen-bond acceptors (Lipinski definition) is 1. The Balaban J connectivity index is 1.63. The van der Waals surface area contributed by atoms with Gasteiger partial charge in [-0.1, -0.05) is 126 Å². The third-order valence-electron chi connectivity index (χ3n) is 7.85. The molecule has 2 heteroatoms. The summed E-state index contributed by atoms with van der Waals surface area (Å²) in [5, 5.41) is 2.42. The lowest BCUT2D eigenvalue weighted by Gasteiger charge is -2.21. The number of hydrogen-bond donors (Lipinski definition) is 1. The van der Waals surface area contributed by atoms with Gasteiger partial charge in [-0.05, 0) is 56.3 Å². The van der Waals surface area contributed by atoms with E-state index in [4.69, 9.17) is 4.98 Å². The minimum Gasteiger partial charge on any atom is -0.353 e. The number of nitrogens with one attached hydrogen (secondary N) is 1. The van der Waals surface area contributed by atoms with E-state index < -0.39 is 0 Å². The van der Waals surface area contributed by atoms with Gasteiger partial charge in [0.2, 0.25) is 0 Å². The summed E-state index contributed by atoms with van der Waals surface area (Å²) < 4.78 is 0. The largest absolute Gasteiger partial charge is 0.353 e. The number of pyridine rings is 1. The van der Waals surface area contributed by atoms with Crippen molar-refractivity contribution in [3.05, 3.63) is 114 Å². The second-order valence-electron chi connectivity index (χ2n) is 12.6.